The van der Waals surface area contributed by atoms with Crippen LogP contribution in [-0.4, -0.2) is 19.0 Å². The first-order valence-electron chi connectivity index (χ1n) is 7.13. The van der Waals surface area contributed by atoms with E-state index in [-0.39, 0.29) is 6.61 Å². The normalized spacial score (nSPS) is 9.50. The van der Waals surface area contributed by atoms with E-state index in [1.807, 2.05) is 12.1 Å². The summed E-state index contributed by atoms with van der Waals surface area (Å²) < 4.78 is 5.62. The Bertz CT molecular complexity index is 766. The van der Waals surface area contributed by atoms with Crippen LogP contribution in [-0.2, 0) is 6.61 Å². The van der Waals surface area contributed by atoms with Crippen LogP contribution in [0.4, 0.5) is 4.79 Å². The molecular weight excluding hydrogens is 308 g/mol. The lowest BCUT2D eigenvalue weighted by atomic mass is 10.1. The summed E-state index contributed by atoms with van der Waals surface area (Å²) in [4.78, 5) is 22.8. The van der Waals surface area contributed by atoms with Gasteiger partial charge in [-0.15, -0.1) is 0 Å². The van der Waals surface area contributed by atoms with Crippen molar-refractivity contribution in [2.24, 2.45) is 0 Å². The molecule has 0 unspecified atom stereocenters. The van der Waals surface area contributed by atoms with Gasteiger partial charge in [0.25, 0.3) is 5.91 Å². The number of nitrogens with one attached hydrogen (secondary N) is 3. The topological polar surface area (TPSA) is 103 Å². The molecule has 3 amide bonds. The number of rotatable bonds is 4. The van der Waals surface area contributed by atoms with Crippen LogP contribution >= 0.6 is 0 Å². The van der Waals surface area contributed by atoms with Crippen LogP contribution in [0.25, 0.3) is 0 Å². The van der Waals surface area contributed by atoms with Gasteiger partial charge in [0.2, 0.25) is 0 Å². The quantitative estimate of drug-likeness (QED) is 0.745. The number of nitriles is 1. The fourth-order valence-electron chi connectivity index (χ4n) is 1.87. The van der Waals surface area contributed by atoms with Crippen LogP contribution in [0.1, 0.15) is 21.5 Å². The van der Waals surface area contributed by atoms with Gasteiger partial charge in [-0.1, -0.05) is 18.2 Å². The van der Waals surface area contributed by atoms with Gasteiger partial charge in [0.05, 0.1) is 11.6 Å². The first-order valence-corrected chi connectivity index (χ1v) is 7.13. The van der Waals surface area contributed by atoms with Gasteiger partial charge in [-0.3, -0.25) is 10.2 Å². The van der Waals surface area contributed by atoms with E-state index in [0.717, 1.165) is 5.56 Å². The number of carbonyl (C=O) groups excluding carboxylic acids is 2. The van der Waals surface area contributed by atoms with E-state index in [2.05, 4.69) is 22.2 Å². The summed E-state index contributed by atoms with van der Waals surface area (Å²) in [7, 11) is 1.44. The van der Waals surface area contributed by atoms with E-state index in [0.29, 0.717) is 16.9 Å². The molecule has 0 aliphatic rings. The lowest BCUT2D eigenvalue weighted by Crippen LogP contribution is -2.45. The highest BCUT2D eigenvalue weighted by atomic mass is 16.5. The average Bonchev–Trinajstić information content (AvgIpc) is 2.64. The van der Waals surface area contributed by atoms with Crippen molar-refractivity contribution in [3.8, 4) is 11.8 Å². The number of hydrazine groups is 1. The molecule has 0 spiro atoms. The SMILES string of the molecule is CNC(=O)NNC(=O)c1ccc(OCc2ccccc2C#N)cc1. The highest BCUT2D eigenvalue weighted by Crippen LogP contribution is 2.15. The molecule has 24 heavy (non-hydrogen) atoms. The van der Waals surface area contributed by atoms with Crippen molar-refractivity contribution in [2.75, 3.05) is 7.05 Å². The summed E-state index contributed by atoms with van der Waals surface area (Å²) >= 11 is 0. The zero-order valence-corrected chi connectivity index (χ0v) is 13.0. The van der Waals surface area contributed by atoms with E-state index >= 15 is 0 Å². The number of hydrogen-bond acceptors (Lipinski definition) is 4. The van der Waals surface area contributed by atoms with Crippen LogP contribution in [0.5, 0.6) is 5.75 Å². The Hall–Kier alpha value is -3.53. The predicted molar refractivity (Wildman–Crippen MR) is 87.0 cm³/mol. The lowest BCUT2D eigenvalue weighted by Gasteiger charge is -2.09. The van der Waals surface area contributed by atoms with Gasteiger partial charge < -0.3 is 10.1 Å². The van der Waals surface area contributed by atoms with Crippen molar-refractivity contribution >= 4 is 11.9 Å². The molecule has 0 aliphatic heterocycles. The summed E-state index contributed by atoms with van der Waals surface area (Å²) in [6.45, 7) is 0.257. The van der Waals surface area contributed by atoms with E-state index in [1.165, 1.54) is 7.05 Å². The minimum absolute atomic E-state index is 0.257. The van der Waals surface area contributed by atoms with Crippen LogP contribution in [0, 0.1) is 11.3 Å². The zero-order valence-electron chi connectivity index (χ0n) is 13.0. The van der Waals surface area contributed by atoms with Crippen molar-refractivity contribution in [1.29, 1.82) is 5.26 Å². The number of urea groups is 1. The molecule has 122 valence electrons. The van der Waals surface area contributed by atoms with Gasteiger partial charge in [-0.2, -0.15) is 5.26 Å². The molecular formula is C17H16N4O3. The first-order chi connectivity index (χ1) is 11.6. The zero-order chi connectivity index (χ0) is 17.4. The molecule has 0 atom stereocenters. The van der Waals surface area contributed by atoms with Gasteiger partial charge in [-0.25, -0.2) is 10.2 Å². The highest BCUT2D eigenvalue weighted by Gasteiger charge is 2.07. The molecule has 2 aromatic carbocycles. The second kappa shape index (κ2) is 8.19. The maximum atomic E-state index is 11.8. The van der Waals surface area contributed by atoms with Gasteiger partial charge in [0, 0.05) is 18.2 Å². The standard InChI is InChI=1S/C17H16N4O3/c1-19-17(23)21-20-16(22)12-6-8-15(9-7-12)24-11-14-5-3-2-4-13(14)10-18/h2-9H,11H2,1H3,(H,20,22)(H2,19,21,23). The third-order valence-corrected chi connectivity index (χ3v) is 3.17. The molecule has 2 aromatic rings. The Labute approximate surface area is 139 Å². The van der Waals surface area contributed by atoms with Crippen LogP contribution in [0.2, 0.25) is 0 Å². The van der Waals surface area contributed by atoms with Gasteiger partial charge in [0.1, 0.15) is 12.4 Å². The van der Waals surface area contributed by atoms with Crippen molar-refractivity contribution in [3.05, 3.63) is 65.2 Å². The largest absolute Gasteiger partial charge is 0.489 e. The Morgan fingerprint density at radius 3 is 2.46 bits per heavy atom. The molecule has 0 saturated heterocycles. The second-order valence-electron chi connectivity index (χ2n) is 4.74. The molecule has 0 fully saturated rings. The summed E-state index contributed by atoms with van der Waals surface area (Å²) in [5.41, 5.74) is 6.18. The smallest absolute Gasteiger partial charge is 0.333 e. The lowest BCUT2D eigenvalue weighted by molar-refractivity contribution is 0.0936. The third-order valence-electron chi connectivity index (χ3n) is 3.17. The Kier molecular flexibility index (Phi) is 5.75. The van der Waals surface area contributed by atoms with Crippen molar-refractivity contribution in [1.82, 2.24) is 16.2 Å². The molecule has 3 N–H and O–H groups in total. The number of carbonyl (C=O) groups is 2. The van der Waals surface area contributed by atoms with Gasteiger partial charge in [-0.05, 0) is 30.3 Å². The molecule has 0 heterocycles. The summed E-state index contributed by atoms with van der Waals surface area (Å²) in [6.07, 6.45) is 0. The molecule has 2 rings (SSSR count). The van der Waals surface area contributed by atoms with Crippen molar-refractivity contribution in [2.45, 2.75) is 6.61 Å². The summed E-state index contributed by atoms with van der Waals surface area (Å²) in [5, 5.41) is 11.4. The third kappa shape index (κ3) is 4.48. The maximum absolute atomic E-state index is 11.8. The van der Waals surface area contributed by atoms with Crippen molar-refractivity contribution < 1.29 is 14.3 Å². The summed E-state index contributed by atoms with van der Waals surface area (Å²) in [6, 6.07) is 15.2. The minimum Gasteiger partial charge on any atom is -0.489 e. The Morgan fingerprint density at radius 2 is 1.79 bits per heavy atom. The minimum atomic E-state index is -0.514. The van der Waals surface area contributed by atoms with Crippen LogP contribution < -0.4 is 20.9 Å². The number of benzene rings is 2. The average molecular weight is 324 g/mol. The van der Waals surface area contributed by atoms with Crippen LogP contribution in [0.3, 0.4) is 0 Å². The molecule has 0 bridgehead atoms. The number of nitrogens with zero attached hydrogens (tertiary/aromatic N) is 1. The molecule has 0 aromatic heterocycles. The molecule has 7 nitrogen and oxygen atoms in total. The second-order valence-corrected chi connectivity index (χ2v) is 4.74. The fourth-order valence-corrected chi connectivity index (χ4v) is 1.87. The first kappa shape index (κ1) is 16.8. The van der Waals surface area contributed by atoms with Crippen molar-refractivity contribution in [3.63, 3.8) is 0 Å². The van der Waals surface area contributed by atoms with E-state index in [1.54, 1.807) is 36.4 Å². The van der Waals surface area contributed by atoms with Crippen LogP contribution in [0.15, 0.2) is 48.5 Å². The van der Waals surface area contributed by atoms with Gasteiger partial charge in [0.15, 0.2) is 0 Å². The highest BCUT2D eigenvalue weighted by molar-refractivity contribution is 5.95. The number of hydrogen-bond donors (Lipinski definition) is 3. The molecule has 0 aliphatic carbocycles. The fraction of sp³-hybridized carbons (Fsp3) is 0.118. The summed E-state index contributed by atoms with van der Waals surface area (Å²) in [5.74, 6) is 0.124. The number of amides is 3. The van der Waals surface area contributed by atoms with E-state index in [4.69, 9.17) is 10.00 Å². The monoisotopic (exact) mass is 324 g/mol. The number of ether oxygens (including phenoxy) is 1. The van der Waals surface area contributed by atoms with E-state index < -0.39 is 11.9 Å². The molecule has 0 radical (unpaired) electrons. The molecule has 0 saturated carbocycles. The predicted octanol–water partition coefficient (Wildman–Crippen LogP) is 1.71. The Balaban J connectivity index is 1.93. The van der Waals surface area contributed by atoms with Gasteiger partial charge >= 0.3 is 6.03 Å². The maximum Gasteiger partial charge on any atom is 0.333 e. The Morgan fingerprint density at radius 1 is 1.08 bits per heavy atom. The van der Waals surface area contributed by atoms with E-state index in [9.17, 15) is 9.59 Å². The molecule has 7 heteroatoms.